The van der Waals surface area contributed by atoms with Crippen LogP contribution in [0, 0.1) is 0 Å². The molecule has 0 radical (unpaired) electrons. The summed E-state index contributed by atoms with van der Waals surface area (Å²) >= 11 is 0. The highest BCUT2D eigenvalue weighted by Gasteiger charge is 2.28. The molecule has 2 aromatic rings. The number of hydrogen-bond acceptors (Lipinski definition) is 4. The highest BCUT2D eigenvalue weighted by Crippen LogP contribution is 2.35. The molecule has 0 N–H and O–H groups in total. The number of amides is 1. The minimum absolute atomic E-state index is 0.0281. The van der Waals surface area contributed by atoms with Crippen LogP contribution in [0.3, 0.4) is 0 Å². The molecule has 1 atom stereocenters. The second-order valence-electron chi connectivity index (χ2n) is 5.56. The first-order chi connectivity index (χ1) is 11.7. The van der Waals surface area contributed by atoms with E-state index in [-0.39, 0.29) is 18.6 Å². The molecular formula is C19H21NO4. The number of rotatable bonds is 5. The van der Waals surface area contributed by atoms with Crippen molar-refractivity contribution in [2.24, 2.45) is 0 Å². The Balaban J connectivity index is 1.74. The predicted octanol–water partition coefficient (Wildman–Crippen LogP) is 3.20. The number of methoxy groups -OCH3 is 2. The fraction of sp³-hybridized carbons (Fsp3) is 0.316. The Labute approximate surface area is 141 Å². The van der Waals surface area contributed by atoms with E-state index in [0.29, 0.717) is 18.0 Å². The van der Waals surface area contributed by atoms with Gasteiger partial charge in [0, 0.05) is 24.9 Å². The van der Waals surface area contributed by atoms with Crippen LogP contribution in [0.2, 0.25) is 0 Å². The first-order valence-electron chi connectivity index (χ1n) is 7.92. The Hall–Kier alpha value is -2.53. The van der Waals surface area contributed by atoms with Gasteiger partial charge in [-0.1, -0.05) is 30.3 Å². The van der Waals surface area contributed by atoms with Crippen molar-refractivity contribution in [3.63, 3.8) is 0 Å². The monoisotopic (exact) mass is 327 g/mol. The Kier molecular flexibility index (Phi) is 5.01. The van der Waals surface area contributed by atoms with Crippen LogP contribution in [-0.4, -0.2) is 33.3 Å². The van der Waals surface area contributed by atoms with Gasteiger partial charge in [-0.15, -0.1) is 0 Å². The third-order valence-electron chi connectivity index (χ3n) is 4.20. The molecule has 1 aliphatic rings. The van der Waals surface area contributed by atoms with Crippen LogP contribution in [0.25, 0.3) is 0 Å². The SMILES string of the molecule is COc1ccccc1OCC(=O)N1CCC(OC)c2ccccc21. The van der Waals surface area contributed by atoms with Crippen LogP contribution < -0.4 is 14.4 Å². The van der Waals surface area contributed by atoms with E-state index in [1.807, 2.05) is 36.4 Å². The number of ether oxygens (including phenoxy) is 3. The van der Waals surface area contributed by atoms with Crippen LogP contribution in [-0.2, 0) is 9.53 Å². The number of nitrogens with zero attached hydrogens (tertiary/aromatic N) is 1. The second kappa shape index (κ2) is 7.36. The molecule has 0 aliphatic carbocycles. The van der Waals surface area contributed by atoms with Crippen molar-refractivity contribution in [1.29, 1.82) is 0 Å². The van der Waals surface area contributed by atoms with Gasteiger partial charge in [0.1, 0.15) is 0 Å². The topological polar surface area (TPSA) is 48.0 Å². The van der Waals surface area contributed by atoms with Gasteiger partial charge in [0.2, 0.25) is 0 Å². The fourth-order valence-electron chi connectivity index (χ4n) is 2.99. The highest BCUT2D eigenvalue weighted by atomic mass is 16.5. The standard InChI is InChI=1S/C19H21NO4/c1-22-16-11-12-20(15-8-4-3-7-14(15)16)19(21)13-24-18-10-6-5-9-17(18)23-2/h3-10,16H,11-13H2,1-2H3. The summed E-state index contributed by atoms with van der Waals surface area (Å²) in [5.74, 6) is 1.10. The quantitative estimate of drug-likeness (QED) is 0.846. The van der Waals surface area contributed by atoms with E-state index in [9.17, 15) is 4.79 Å². The van der Waals surface area contributed by atoms with E-state index >= 15 is 0 Å². The summed E-state index contributed by atoms with van der Waals surface area (Å²) in [4.78, 5) is 14.4. The van der Waals surface area contributed by atoms with E-state index in [1.54, 1.807) is 31.3 Å². The number of carbonyl (C=O) groups is 1. The molecule has 0 saturated carbocycles. The Morgan fingerprint density at radius 1 is 1.08 bits per heavy atom. The lowest BCUT2D eigenvalue weighted by Gasteiger charge is -2.33. The summed E-state index contributed by atoms with van der Waals surface area (Å²) in [6.07, 6.45) is 0.800. The molecule has 0 saturated heterocycles. The molecule has 2 aromatic carbocycles. The summed E-state index contributed by atoms with van der Waals surface area (Å²) in [5, 5.41) is 0. The summed E-state index contributed by atoms with van der Waals surface area (Å²) in [6.45, 7) is 0.579. The number of fused-ring (bicyclic) bond motifs is 1. The van der Waals surface area contributed by atoms with Crippen molar-refractivity contribution in [3.8, 4) is 11.5 Å². The fourth-order valence-corrected chi connectivity index (χ4v) is 2.99. The maximum absolute atomic E-state index is 12.6. The van der Waals surface area contributed by atoms with Crippen molar-refractivity contribution in [2.75, 3.05) is 32.3 Å². The summed E-state index contributed by atoms with van der Waals surface area (Å²) in [5.41, 5.74) is 1.93. The van der Waals surface area contributed by atoms with E-state index in [0.717, 1.165) is 17.7 Å². The first-order valence-corrected chi connectivity index (χ1v) is 7.92. The lowest BCUT2D eigenvalue weighted by atomic mass is 9.98. The van der Waals surface area contributed by atoms with Crippen molar-refractivity contribution in [3.05, 3.63) is 54.1 Å². The van der Waals surface area contributed by atoms with E-state index in [1.165, 1.54) is 0 Å². The number of anilines is 1. The van der Waals surface area contributed by atoms with E-state index in [4.69, 9.17) is 14.2 Å². The Morgan fingerprint density at radius 3 is 2.54 bits per heavy atom. The van der Waals surface area contributed by atoms with Crippen LogP contribution in [0.1, 0.15) is 18.1 Å². The molecule has 5 nitrogen and oxygen atoms in total. The second-order valence-corrected chi connectivity index (χ2v) is 5.56. The minimum Gasteiger partial charge on any atom is -0.493 e. The zero-order chi connectivity index (χ0) is 16.9. The van der Waals surface area contributed by atoms with Crippen molar-refractivity contribution >= 4 is 11.6 Å². The van der Waals surface area contributed by atoms with Gasteiger partial charge in [-0.25, -0.2) is 0 Å². The Morgan fingerprint density at radius 2 is 1.79 bits per heavy atom. The van der Waals surface area contributed by atoms with Crippen LogP contribution in [0.15, 0.2) is 48.5 Å². The highest BCUT2D eigenvalue weighted by molar-refractivity contribution is 5.95. The Bertz CT molecular complexity index is 716. The number of hydrogen-bond donors (Lipinski definition) is 0. The van der Waals surface area contributed by atoms with Crippen LogP contribution in [0.5, 0.6) is 11.5 Å². The molecule has 0 bridgehead atoms. The average Bonchev–Trinajstić information content (AvgIpc) is 2.65. The minimum atomic E-state index is -0.0806. The molecule has 1 aliphatic heterocycles. The zero-order valence-electron chi connectivity index (χ0n) is 13.9. The molecule has 0 fully saturated rings. The summed E-state index contributed by atoms with van der Waals surface area (Å²) < 4.78 is 16.4. The number of benzene rings is 2. The van der Waals surface area contributed by atoms with Gasteiger partial charge < -0.3 is 19.1 Å². The molecule has 0 aromatic heterocycles. The van der Waals surface area contributed by atoms with E-state index in [2.05, 4.69) is 0 Å². The van der Waals surface area contributed by atoms with Crippen LogP contribution >= 0.6 is 0 Å². The molecule has 3 rings (SSSR count). The lowest BCUT2D eigenvalue weighted by Crippen LogP contribution is -2.39. The third kappa shape index (κ3) is 3.21. The predicted molar refractivity (Wildman–Crippen MR) is 91.7 cm³/mol. The molecule has 0 spiro atoms. The normalized spacial score (nSPS) is 16.4. The largest absolute Gasteiger partial charge is 0.493 e. The summed E-state index contributed by atoms with van der Waals surface area (Å²) in [6, 6.07) is 15.1. The van der Waals surface area contributed by atoms with Gasteiger partial charge in [-0.2, -0.15) is 0 Å². The molecule has 1 heterocycles. The maximum Gasteiger partial charge on any atom is 0.264 e. The molecule has 24 heavy (non-hydrogen) atoms. The molecule has 5 heteroatoms. The van der Waals surface area contributed by atoms with Crippen LogP contribution in [0.4, 0.5) is 5.69 Å². The van der Waals surface area contributed by atoms with E-state index < -0.39 is 0 Å². The first kappa shape index (κ1) is 16.3. The molecule has 1 amide bonds. The van der Waals surface area contributed by atoms with Gasteiger partial charge in [-0.05, 0) is 24.6 Å². The van der Waals surface area contributed by atoms with Gasteiger partial charge in [0.25, 0.3) is 5.91 Å². The van der Waals surface area contributed by atoms with Crippen molar-refractivity contribution in [1.82, 2.24) is 0 Å². The zero-order valence-corrected chi connectivity index (χ0v) is 13.9. The van der Waals surface area contributed by atoms with Gasteiger partial charge >= 0.3 is 0 Å². The number of carbonyl (C=O) groups excluding carboxylic acids is 1. The number of para-hydroxylation sites is 3. The van der Waals surface area contributed by atoms with Gasteiger partial charge in [-0.3, -0.25) is 4.79 Å². The lowest BCUT2D eigenvalue weighted by molar-refractivity contribution is -0.120. The molecular weight excluding hydrogens is 306 g/mol. The third-order valence-corrected chi connectivity index (χ3v) is 4.20. The summed E-state index contributed by atoms with van der Waals surface area (Å²) in [7, 11) is 3.28. The smallest absolute Gasteiger partial charge is 0.264 e. The average molecular weight is 327 g/mol. The van der Waals surface area contributed by atoms with Gasteiger partial charge in [0.15, 0.2) is 18.1 Å². The van der Waals surface area contributed by atoms with Crippen molar-refractivity contribution in [2.45, 2.75) is 12.5 Å². The van der Waals surface area contributed by atoms with Crippen molar-refractivity contribution < 1.29 is 19.0 Å². The maximum atomic E-state index is 12.6. The van der Waals surface area contributed by atoms with Gasteiger partial charge in [0.05, 0.1) is 13.2 Å². The molecule has 1 unspecified atom stereocenters. The molecule has 126 valence electrons.